The fourth-order valence-electron chi connectivity index (χ4n) is 7.83. The van der Waals surface area contributed by atoms with Crippen LogP contribution in [-0.2, 0) is 0 Å². The molecule has 4 aliphatic rings. The first-order valence-corrected chi connectivity index (χ1v) is 17.2. The van der Waals surface area contributed by atoms with Gasteiger partial charge in [0.2, 0.25) is 0 Å². The molecule has 0 saturated carbocycles. The number of ether oxygens (including phenoxy) is 2. The first-order valence-electron chi connectivity index (χ1n) is 15.5. The van der Waals surface area contributed by atoms with E-state index in [1.54, 1.807) is 0 Å². The molecule has 0 saturated heterocycles. The van der Waals surface area contributed by atoms with Gasteiger partial charge in [-0.25, -0.2) is 0 Å². The first-order chi connectivity index (χ1) is 21.8. The van der Waals surface area contributed by atoms with Gasteiger partial charge in [0.1, 0.15) is 0 Å². The van der Waals surface area contributed by atoms with Gasteiger partial charge in [-0.05, 0) is 0 Å². The van der Waals surface area contributed by atoms with Gasteiger partial charge in [0.05, 0.1) is 0 Å². The predicted molar refractivity (Wildman–Crippen MR) is 179 cm³/mol. The van der Waals surface area contributed by atoms with Crippen LogP contribution in [0, 0.1) is 0 Å². The van der Waals surface area contributed by atoms with E-state index in [-0.39, 0.29) is 27.6 Å². The number of furan rings is 1. The number of hydrogen-bond donors (Lipinski definition) is 0. The van der Waals surface area contributed by atoms with E-state index in [4.69, 9.17) is 13.9 Å². The van der Waals surface area contributed by atoms with Crippen molar-refractivity contribution < 1.29 is 13.9 Å². The van der Waals surface area contributed by atoms with Crippen molar-refractivity contribution in [3.05, 3.63) is 132 Å². The van der Waals surface area contributed by atoms with E-state index >= 15 is 0 Å². The molecule has 0 bridgehead atoms. The van der Waals surface area contributed by atoms with Crippen LogP contribution in [0.2, 0.25) is 0 Å². The molecular weight excluding hydrogens is 606 g/mol. The molecule has 0 radical (unpaired) electrons. The van der Waals surface area contributed by atoms with Crippen LogP contribution in [0.25, 0.3) is 22.1 Å². The molecule has 44 heavy (non-hydrogen) atoms. The Labute approximate surface area is 262 Å². The molecular formula is C39H27BO3Se. The second-order valence-corrected chi connectivity index (χ2v) is 14.5. The van der Waals surface area contributed by atoms with Gasteiger partial charge in [-0.1, -0.05) is 0 Å². The van der Waals surface area contributed by atoms with Crippen LogP contribution >= 0.6 is 0 Å². The first kappa shape index (κ1) is 24.9. The Morgan fingerprint density at radius 1 is 0.682 bits per heavy atom. The molecule has 210 valence electrons. The van der Waals surface area contributed by atoms with Gasteiger partial charge < -0.3 is 0 Å². The molecule has 0 spiro atoms. The van der Waals surface area contributed by atoms with Crippen molar-refractivity contribution in [1.29, 1.82) is 0 Å². The maximum atomic E-state index is 6.80. The standard InChI is InChI=1S/C39H27BO3Se/c1-4-11-31-25(8-1)28(22-41-31)23-17-19-36-30(20-23)40-29-18-16-24(21-35(29)43-34-14-7-15-37(44-36)39(34)40)38-26-9-2-5-12-32(26)42-33-13-6-3-10-27(33)38/h1-2,4-5,7-9,11-12,14-22,38H,3,6,10,13H2. The van der Waals surface area contributed by atoms with Crippen LogP contribution in [-0.4, -0.2) is 21.7 Å². The Morgan fingerprint density at radius 2 is 1.57 bits per heavy atom. The number of allylic oxidation sites excluding steroid dienone is 2. The van der Waals surface area contributed by atoms with E-state index in [9.17, 15) is 0 Å². The van der Waals surface area contributed by atoms with Crippen LogP contribution in [0.5, 0.6) is 17.2 Å². The van der Waals surface area contributed by atoms with Crippen molar-refractivity contribution in [2.24, 2.45) is 0 Å². The fourth-order valence-corrected chi connectivity index (χ4v) is 10.2. The summed E-state index contributed by atoms with van der Waals surface area (Å²) in [6, 6.07) is 37.5. The van der Waals surface area contributed by atoms with Crippen LogP contribution < -0.4 is 34.8 Å². The molecule has 1 unspecified atom stereocenters. The molecule has 4 heterocycles. The average Bonchev–Trinajstić information content (AvgIpc) is 3.51. The van der Waals surface area contributed by atoms with Crippen molar-refractivity contribution >= 4 is 58.0 Å². The molecule has 5 aromatic carbocycles. The zero-order valence-corrected chi connectivity index (χ0v) is 25.7. The minimum absolute atomic E-state index is 0.133. The second-order valence-electron chi connectivity index (χ2n) is 12.2. The average molecular weight is 633 g/mol. The van der Waals surface area contributed by atoms with Gasteiger partial charge in [-0.2, -0.15) is 0 Å². The van der Waals surface area contributed by atoms with E-state index in [1.807, 2.05) is 18.4 Å². The fraction of sp³-hybridized carbons (Fsp3) is 0.128. The van der Waals surface area contributed by atoms with Gasteiger partial charge in [0.25, 0.3) is 0 Å². The van der Waals surface area contributed by atoms with Gasteiger partial charge in [0.15, 0.2) is 0 Å². The monoisotopic (exact) mass is 634 g/mol. The molecule has 3 nitrogen and oxygen atoms in total. The summed E-state index contributed by atoms with van der Waals surface area (Å²) in [6.07, 6.45) is 6.42. The Balaban J connectivity index is 1.14. The predicted octanol–water partition coefficient (Wildman–Crippen LogP) is 6.04. The van der Waals surface area contributed by atoms with Crippen molar-refractivity contribution in [3.63, 3.8) is 0 Å². The Kier molecular flexibility index (Phi) is 5.40. The van der Waals surface area contributed by atoms with Crippen LogP contribution in [0.3, 0.4) is 0 Å². The number of fused-ring (bicyclic) bond motifs is 6. The molecule has 1 aliphatic carbocycles. The summed E-state index contributed by atoms with van der Waals surface area (Å²) in [6.45, 7) is 0.133. The number of para-hydroxylation sites is 2. The number of benzene rings is 5. The Hall–Kier alpha value is -4.44. The molecule has 0 N–H and O–H groups in total. The van der Waals surface area contributed by atoms with Gasteiger partial charge in [-0.3, -0.25) is 0 Å². The van der Waals surface area contributed by atoms with Gasteiger partial charge >= 0.3 is 264 Å². The third-order valence-corrected chi connectivity index (χ3v) is 12.3. The molecule has 3 aliphatic heterocycles. The second kappa shape index (κ2) is 9.53. The third-order valence-electron chi connectivity index (χ3n) is 9.82. The topological polar surface area (TPSA) is 31.6 Å². The van der Waals surface area contributed by atoms with Crippen LogP contribution in [0.15, 0.2) is 125 Å². The Bertz CT molecular complexity index is 2190. The zero-order chi connectivity index (χ0) is 28.8. The van der Waals surface area contributed by atoms with Crippen molar-refractivity contribution in [1.82, 2.24) is 0 Å². The van der Waals surface area contributed by atoms with Gasteiger partial charge in [0, 0.05) is 0 Å². The molecule has 1 aromatic heterocycles. The van der Waals surface area contributed by atoms with Crippen molar-refractivity contribution in [2.45, 2.75) is 31.6 Å². The molecule has 0 amide bonds. The normalized spacial score (nSPS) is 17.5. The molecule has 1 atom stereocenters. The zero-order valence-electron chi connectivity index (χ0n) is 24.0. The van der Waals surface area contributed by atoms with Gasteiger partial charge in [-0.15, -0.1) is 0 Å². The minimum atomic E-state index is 0.133. The number of hydrogen-bond acceptors (Lipinski definition) is 3. The van der Waals surface area contributed by atoms with E-state index in [0.29, 0.717) is 0 Å². The van der Waals surface area contributed by atoms with Crippen molar-refractivity contribution in [3.8, 4) is 28.4 Å². The van der Waals surface area contributed by atoms with Crippen LogP contribution in [0.4, 0.5) is 0 Å². The summed E-state index contributed by atoms with van der Waals surface area (Å²) < 4.78 is 22.1. The quantitative estimate of drug-likeness (QED) is 0.218. The molecule has 6 aromatic rings. The van der Waals surface area contributed by atoms with E-state index in [0.717, 1.165) is 46.6 Å². The molecule has 0 fully saturated rings. The summed E-state index contributed by atoms with van der Waals surface area (Å²) in [7, 11) is 0. The maximum absolute atomic E-state index is 6.80. The van der Waals surface area contributed by atoms with Crippen molar-refractivity contribution in [2.75, 3.05) is 0 Å². The van der Waals surface area contributed by atoms with E-state index in [2.05, 4.69) is 91.0 Å². The molecule has 10 rings (SSSR count). The third kappa shape index (κ3) is 3.63. The summed E-state index contributed by atoms with van der Waals surface area (Å²) in [4.78, 5) is 0. The summed E-state index contributed by atoms with van der Waals surface area (Å²) >= 11 is 0.213. The summed E-state index contributed by atoms with van der Waals surface area (Å²) in [5.74, 6) is 4.33. The van der Waals surface area contributed by atoms with E-state index in [1.165, 1.54) is 66.2 Å². The Morgan fingerprint density at radius 3 is 2.57 bits per heavy atom. The van der Waals surface area contributed by atoms with Crippen LogP contribution in [0.1, 0.15) is 42.7 Å². The van der Waals surface area contributed by atoms with E-state index < -0.39 is 0 Å². The summed E-state index contributed by atoms with van der Waals surface area (Å²) in [5, 5.41) is 1.15. The molecule has 5 heteroatoms. The number of rotatable bonds is 2. The SMILES string of the molecule is c1ccc2c(c1)OC1=C(CCCC1)C2c1ccc2c(c1)Oc1cccc3c1B2c1cc(-c2coc4ccccc24)ccc1[Se]3. The summed E-state index contributed by atoms with van der Waals surface area (Å²) in [5.41, 5.74) is 11.2.